The van der Waals surface area contributed by atoms with Gasteiger partial charge in [0.05, 0.1) is 0 Å². The third-order valence-electron chi connectivity index (χ3n) is 3.96. The van der Waals surface area contributed by atoms with Crippen LogP contribution >= 0.6 is 0 Å². The van der Waals surface area contributed by atoms with E-state index in [1.165, 1.54) is 6.54 Å². The Labute approximate surface area is 96.2 Å². The van der Waals surface area contributed by atoms with Crippen LogP contribution in [0.15, 0.2) is 0 Å². The third-order valence-corrected chi connectivity index (χ3v) is 3.96. The molecule has 1 saturated heterocycles. The summed E-state index contributed by atoms with van der Waals surface area (Å²) in [6.45, 7) is 20.2. The van der Waals surface area contributed by atoms with Crippen molar-refractivity contribution < 1.29 is 0 Å². The summed E-state index contributed by atoms with van der Waals surface area (Å²) in [6.07, 6.45) is 0. The van der Waals surface area contributed by atoms with Crippen LogP contribution in [0.2, 0.25) is 0 Å². The van der Waals surface area contributed by atoms with Gasteiger partial charge in [-0.2, -0.15) is 0 Å². The van der Waals surface area contributed by atoms with Crippen LogP contribution in [-0.4, -0.2) is 23.0 Å². The molecule has 0 aromatic heterocycles. The van der Waals surface area contributed by atoms with Crippen LogP contribution in [0.4, 0.5) is 0 Å². The second-order valence-electron chi connectivity index (χ2n) is 7.47. The summed E-state index contributed by atoms with van der Waals surface area (Å²) in [5.74, 6) is 1.64. The smallest absolute Gasteiger partial charge is 0.0178 e. The average molecular weight is 211 g/mol. The highest BCUT2D eigenvalue weighted by atomic mass is 15.3. The summed E-state index contributed by atoms with van der Waals surface area (Å²) in [5, 5.41) is 0. The largest absolute Gasteiger partial charge is 0.294 e. The summed E-state index contributed by atoms with van der Waals surface area (Å²) in [7, 11) is 0. The van der Waals surface area contributed by atoms with Crippen molar-refractivity contribution in [3.8, 4) is 0 Å². The van der Waals surface area contributed by atoms with Crippen LogP contribution < -0.4 is 0 Å². The van der Waals surface area contributed by atoms with Crippen molar-refractivity contribution in [2.24, 2.45) is 17.3 Å². The Bertz CT molecular complexity index is 218. The standard InChI is InChI=1S/C14H29N/c1-10-9-15(14(6,7)8)12(11(10)2)13(3,4)5/h10-12H,9H2,1-8H3. The van der Waals surface area contributed by atoms with Crippen molar-refractivity contribution >= 4 is 0 Å². The maximum atomic E-state index is 2.71. The van der Waals surface area contributed by atoms with Crippen LogP contribution in [0.25, 0.3) is 0 Å². The van der Waals surface area contributed by atoms with E-state index >= 15 is 0 Å². The molecule has 0 radical (unpaired) electrons. The summed E-state index contributed by atoms with van der Waals surface area (Å²) in [6, 6.07) is 0.715. The van der Waals surface area contributed by atoms with Crippen LogP contribution in [0.3, 0.4) is 0 Å². The average Bonchev–Trinajstić information content (AvgIpc) is 2.25. The molecule has 0 saturated carbocycles. The van der Waals surface area contributed by atoms with E-state index in [2.05, 4.69) is 60.3 Å². The van der Waals surface area contributed by atoms with E-state index in [0.29, 0.717) is 17.0 Å². The van der Waals surface area contributed by atoms with E-state index in [1.54, 1.807) is 0 Å². The number of hydrogen-bond donors (Lipinski definition) is 0. The number of hydrogen-bond acceptors (Lipinski definition) is 1. The lowest BCUT2D eigenvalue weighted by molar-refractivity contribution is 0.0424. The molecule has 1 heteroatoms. The Balaban J connectivity index is 2.98. The molecule has 0 bridgehead atoms. The Morgan fingerprint density at radius 1 is 0.933 bits per heavy atom. The lowest BCUT2D eigenvalue weighted by atomic mass is 9.77. The molecule has 0 aromatic carbocycles. The van der Waals surface area contributed by atoms with Crippen LogP contribution in [-0.2, 0) is 0 Å². The Kier molecular flexibility index (Phi) is 3.27. The third kappa shape index (κ3) is 2.55. The fourth-order valence-corrected chi connectivity index (χ4v) is 3.13. The molecular formula is C14H29N. The molecule has 0 amide bonds. The van der Waals surface area contributed by atoms with Gasteiger partial charge in [-0.3, -0.25) is 4.90 Å². The molecule has 0 aliphatic carbocycles. The van der Waals surface area contributed by atoms with Gasteiger partial charge >= 0.3 is 0 Å². The second kappa shape index (κ2) is 3.76. The number of likely N-dealkylation sites (tertiary alicyclic amines) is 1. The fraction of sp³-hybridized carbons (Fsp3) is 1.00. The summed E-state index contributed by atoms with van der Waals surface area (Å²) >= 11 is 0. The van der Waals surface area contributed by atoms with Gasteiger partial charge in [0.15, 0.2) is 0 Å². The minimum atomic E-state index is 0.303. The Morgan fingerprint density at radius 2 is 1.40 bits per heavy atom. The van der Waals surface area contributed by atoms with Gasteiger partial charge in [-0.05, 0) is 38.0 Å². The second-order valence-corrected chi connectivity index (χ2v) is 7.47. The molecule has 0 spiro atoms. The Morgan fingerprint density at radius 3 is 1.67 bits per heavy atom. The highest BCUT2D eigenvalue weighted by Gasteiger charge is 2.46. The zero-order chi connectivity index (χ0) is 12.0. The molecule has 0 N–H and O–H groups in total. The first-order chi connectivity index (χ1) is 6.55. The monoisotopic (exact) mass is 211 g/mol. The van der Waals surface area contributed by atoms with E-state index in [1.807, 2.05) is 0 Å². The van der Waals surface area contributed by atoms with Crippen molar-refractivity contribution in [1.29, 1.82) is 0 Å². The number of nitrogens with zero attached hydrogens (tertiary/aromatic N) is 1. The van der Waals surface area contributed by atoms with Crippen molar-refractivity contribution in [2.45, 2.75) is 67.0 Å². The summed E-state index contributed by atoms with van der Waals surface area (Å²) in [5.41, 5.74) is 0.689. The Hall–Kier alpha value is -0.0400. The highest BCUT2D eigenvalue weighted by Crippen LogP contribution is 2.42. The van der Waals surface area contributed by atoms with Gasteiger partial charge in [-0.1, -0.05) is 34.6 Å². The molecule has 1 rings (SSSR count). The van der Waals surface area contributed by atoms with E-state index in [9.17, 15) is 0 Å². The normalized spacial score (nSPS) is 34.8. The maximum absolute atomic E-state index is 2.71. The van der Waals surface area contributed by atoms with Gasteiger partial charge in [-0.25, -0.2) is 0 Å². The first-order valence-electron chi connectivity index (χ1n) is 6.32. The molecule has 1 heterocycles. The van der Waals surface area contributed by atoms with E-state index in [-0.39, 0.29) is 0 Å². The molecule has 3 atom stereocenters. The van der Waals surface area contributed by atoms with E-state index in [4.69, 9.17) is 0 Å². The lowest BCUT2D eigenvalue weighted by Gasteiger charge is -2.44. The minimum absolute atomic E-state index is 0.303. The minimum Gasteiger partial charge on any atom is -0.294 e. The first kappa shape index (κ1) is 13.0. The molecule has 90 valence electrons. The van der Waals surface area contributed by atoms with Crippen LogP contribution in [0.5, 0.6) is 0 Å². The SMILES string of the molecule is CC1CN(C(C)(C)C)C(C(C)(C)C)C1C. The summed E-state index contributed by atoms with van der Waals surface area (Å²) in [4.78, 5) is 2.71. The van der Waals surface area contributed by atoms with E-state index in [0.717, 1.165) is 11.8 Å². The molecule has 3 unspecified atom stereocenters. The zero-order valence-electron chi connectivity index (χ0n) is 11.9. The predicted octanol–water partition coefficient (Wildman–Crippen LogP) is 3.79. The van der Waals surface area contributed by atoms with Crippen molar-refractivity contribution in [1.82, 2.24) is 4.90 Å². The molecule has 15 heavy (non-hydrogen) atoms. The zero-order valence-corrected chi connectivity index (χ0v) is 11.9. The van der Waals surface area contributed by atoms with Crippen molar-refractivity contribution in [2.75, 3.05) is 6.54 Å². The quantitative estimate of drug-likeness (QED) is 0.589. The molecular weight excluding hydrogens is 182 g/mol. The first-order valence-corrected chi connectivity index (χ1v) is 6.32. The molecule has 1 nitrogen and oxygen atoms in total. The molecule has 1 fully saturated rings. The van der Waals surface area contributed by atoms with Gasteiger partial charge < -0.3 is 0 Å². The molecule has 1 aliphatic heterocycles. The van der Waals surface area contributed by atoms with E-state index < -0.39 is 0 Å². The van der Waals surface area contributed by atoms with Crippen molar-refractivity contribution in [3.05, 3.63) is 0 Å². The van der Waals surface area contributed by atoms with Gasteiger partial charge in [0, 0.05) is 18.1 Å². The van der Waals surface area contributed by atoms with Crippen LogP contribution in [0, 0.1) is 17.3 Å². The maximum Gasteiger partial charge on any atom is 0.0178 e. The van der Waals surface area contributed by atoms with Gasteiger partial charge in [0.25, 0.3) is 0 Å². The van der Waals surface area contributed by atoms with Gasteiger partial charge in [-0.15, -0.1) is 0 Å². The topological polar surface area (TPSA) is 3.24 Å². The predicted molar refractivity (Wildman–Crippen MR) is 68.0 cm³/mol. The van der Waals surface area contributed by atoms with Crippen molar-refractivity contribution in [3.63, 3.8) is 0 Å². The highest BCUT2D eigenvalue weighted by molar-refractivity contribution is 4.99. The lowest BCUT2D eigenvalue weighted by Crippen LogP contribution is -2.51. The van der Waals surface area contributed by atoms with Gasteiger partial charge in [0.1, 0.15) is 0 Å². The molecule has 1 aliphatic rings. The fourth-order valence-electron chi connectivity index (χ4n) is 3.13. The number of rotatable bonds is 0. The van der Waals surface area contributed by atoms with Gasteiger partial charge in [0.2, 0.25) is 0 Å². The van der Waals surface area contributed by atoms with Crippen LogP contribution in [0.1, 0.15) is 55.4 Å². The molecule has 0 aromatic rings. The summed E-state index contributed by atoms with van der Waals surface area (Å²) < 4.78 is 0.